The van der Waals surface area contributed by atoms with Gasteiger partial charge in [-0.25, -0.2) is 0 Å². The van der Waals surface area contributed by atoms with Crippen molar-refractivity contribution in [2.45, 2.75) is 32.6 Å². The van der Waals surface area contributed by atoms with E-state index in [-0.39, 0.29) is 29.2 Å². The van der Waals surface area contributed by atoms with Crippen LogP contribution in [0.25, 0.3) is 0 Å². The Kier molecular flexibility index (Phi) is 5.21. The molecule has 0 aromatic heterocycles. The molecule has 0 aromatic carbocycles. The van der Waals surface area contributed by atoms with Crippen LogP contribution in [0.3, 0.4) is 0 Å². The molecule has 2 aliphatic heterocycles. The van der Waals surface area contributed by atoms with Crippen LogP contribution in [0.15, 0.2) is 0 Å². The second-order valence-electron chi connectivity index (χ2n) is 7.50. The molecule has 0 radical (unpaired) electrons. The van der Waals surface area contributed by atoms with E-state index in [0.717, 1.165) is 38.8 Å². The van der Waals surface area contributed by atoms with Gasteiger partial charge in [-0.2, -0.15) is 0 Å². The largest absolute Gasteiger partial charge is 0.465 e. The van der Waals surface area contributed by atoms with Gasteiger partial charge in [-0.05, 0) is 38.3 Å². The molecule has 2 heterocycles. The van der Waals surface area contributed by atoms with Gasteiger partial charge in [-0.3, -0.25) is 9.59 Å². The molecule has 3 aliphatic rings. The molecule has 0 spiro atoms. The zero-order valence-electron chi connectivity index (χ0n) is 13.9. The number of hydrogen-bond acceptors (Lipinski definition) is 6. The average Bonchev–Trinajstić information content (AvgIpc) is 3.16. The Morgan fingerprint density at radius 2 is 1.78 bits per heavy atom. The Morgan fingerprint density at radius 1 is 1.04 bits per heavy atom. The molecule has 3 atom stereocenters. The summed E-state index contributed by atoms with van der Waals surface area (Å²) in [6, 6.07) is 0. The molecular formula is C17H28N2O4. The van der Waals surface area contributed by atoms with E-state index >= 15 is 0 Å². The quantitative estimate of drug-likeness (QED) is 0.701. The summed E-state index contributed by atoms with van der Waals surface area (Å²) in [5.41, 5.74) is -0.146. The highest BCUT2D eigenvalue weighted by Crippen LogP contribution is 2.42. The molecule has 6 heteroatoms. The third-order valence-corrected chi connectivity index (χ3v) is 5.67. The van der Waals surface area contributed by atoms with Crippen molar-refractivity contribution < 1.29 is 19.1 Å². The molecule has 0 bridgehead atoms. The highest BCUT2D eigenvalue weighted by Gasteiger charge is 2.41. The molecule has 2 saturated heterocycles. The second kappa shape index (κ2) is 7.18. The van der Waals surface area contributed by atoms with Crippen molar-refractivity contribution in [3.8, 4) is 0 Å². The SMILES string of the molecule is CC1CNCC1C(=O)OCC1(COC(=O)C2CCNC2)CCC1. The van der Waals surface area contributed by atoms with Gasteiger partial charge in [0.05, 0.1) is 11.8 Å². The minimum Gasteiger partial charge on any atom is -0.465 e. The van der Waals surface area contributed by atoms with Crippen LogP contribution in [0, 0.1) is 23.2 Å². The number of nitrogens with one attached hydrogen (secondary N) is 2. The van der Waals surface area contributed by atoms with E-state index in [2.05, 4.69) is 17.6 Å². The van der Waals surface area contributed by atoms with Crippen LogP contribution < -0.4 is 10.6 Å². The molecule has 23 heavy (non-hydrogen) atoms. The Hall–Kier alpha value is -1.14. The minimum atomic E-state index is -0.146. The van der Waals surface area contributed by atoms with E-state index in [0.29, 0.717) is 32.2 Å². The monoisotopic (exact) mass is 324 g/mol. The van der Waals surface area contributed by atoms with E-state index in [9.17, 15) is 9.59 Å². The van der Waals surface area contributed by atoms with E-state index < -0.39 is 0 Å². The second-order valence-corrected chi connectivity index (χ2v) is 7.50. The molecular weight excluding hydrogens is 296 g/mol. The Bertz CT molecular complexity index is 444. The normalized spacial score (nSPS) is 32.3. The highest BCUT2D eigenvalue weighted by molar-refractivity contribution is 5.74. The summed E-state index contributed by atoms with van der Waals surface area (Å²) in [4.78, 5) is 24.3. The molecule has 130 valence electrons. The van der Waals surface area contributed by atoms with E-state index in [1.165, 1.54) is 0 Å². The van der Waals surface area contributed by atoms with Crippen LogP contribution >= 0.6 is 0 Å². The third-order valence-electron chi connectivity index (χ3n) is 5.67. The van der Waals surface area contributed by atoms with Crippen LogP contribution in [-0.4, -0.2) is 51.3 Å². The summed E-state index contributed by atoms with van der Waals surface area (Å²) in [5, 5.41) is 6.40. The lowest BCUT2D eigenvalue weighted by molar-refractivity contribution is -0.164. The molecule has 3 fully saturated rings. The molecule has 3 rings (SSSR count). The predicted molar refractivity (Wildman–Crippen MR) is 84.7 cm³/mol. The zero-order chi connectivity index (χ0) is 16.3. The van der Waals surface area contributed by atoms with Crippen molar-refractivity contribution in [3.63, 3.8) is 0 Å². The molecule has 6 nitrogen and oxygen atoms in total. The third kappa shape index (κ3) is 3.86. The first-order valence-electron chi connectivity index (χ1n) is 8.84. The Morgan fingerprint density at radius 3 is 2.30 bits per heavy atom. The number of carbonyl (C=O) groups is 2. The average molecular weight is 324 g/mol. The van der Waals surface area contributed by atoms with Crippen LogP contribution in [-0.2, 0) is 19.1 Å². The van der Waals surface area contributed by atoms with Crippen molar-refractivity contribution in [2.75, 3.05) is 39.4 Å². The number of carbonyl (C=O) groups excluding carboxylic acids is 2. The Balaban J connectivity index is 1.44. The van der Waals surface area contributed by atoms with Gasteiger partial charge in [-0.15, -0.1) is 0 Å². The molecule has 0 aromatic rings. The zero-order valence-corrected chi connectivity index (χ0v) is 13.9. The van der Waals surface area contributed by atoms with E-state index in [1.807, 2.05) is 0 Å². The summed E-state index contributed by atoms with van der Waals surface area (Å²) in [5.74, 6) is 0.0492. The van der Waals surface area contributed by atoms with E-state index in [4.69, 9.17) is 9.47 Å². The first kappa shape index (κ1) is 16.7. The summed E-state index contributed by atoms with van der Waals surface area (Å²) < 4.78 is 11.1. The summed E-state index contributed by atoms with van der Waals surface area (Å²) in [6.07, 6.45) is 3.90. The summed E-state index contributed by atoms with van der Waals surface area (Å²) in [6.45, 7) is 6.01. The number of ether oxygens (including phenoxy) is 2. The van der Waals surface area contributed by atoms with Crippen molar-refractivity contribution >= 4 is 11.9 Å². The van der Waals surface area contributed by atoms with E-state index in [1.54, 1.807) is 0 Å². The number of rotatable bonds is 6. The standard InChI is InChI=1S/C17H28N2O4/c1-12-7-19-9-14(12)16(21)23-11-17(4-2-5-17)10-22-15(20)13-3-6-18-8-13/h12-14,18-19H,2-11H2,1H3. The van der Waals surface area contributed by atoms with Gasteiger partial charge in [0.25, 0.3) is 0 Å². The maximum atomic E-state index is 12.2. The first-order chi connectivity index (χ1) is 11.1. The highest BCUT2D eigenvalue weighted by atomic mass is 16.5. The van der Waals surface area contributed by atoms with Gasteiger partial charge in [0.15, 0.2) is 0 Å². The van der Waals surface area contributed by atoms with Crippen molar-refractivity contribution in [2.24, 2.45) is 23.2 Å². The summed E-state index contributed by atoms with van der Waals surface area (Å²) >= 11 is 0. The predicted octanol–water partition coefficient (Wildman–Crippen LogP) is 0.708. The first-order valence-corrected chi connectivity index (χ1v) is 8.84. The molecule has 1 saturated carbocycles. The summed E-state index contributed by atoms with van der Waals surface area (Å²) in [7, 11) is 0. The Labute approximate surface area is 137 Å². The molecule has 2 N–H and O–H groups in total. The van der Waals surface area contributed by atoms with Crippen LogP contribution in [0.1, 0.15) is 32.6 Å². The van der Waals surface area contributed by atoms with Gasteiger partial charge in [0.1, 0.15) is 13.2 Å². The minimum absolute atomic E-state index is 0.0138. The lowest BCUT2D eigenvalue weighted by atomic mass is 9.70. The number of esters is 2. The maximum absolute atomic E-state index is 12.2. The maximum Gasteiger partial charge on any atom is 0.310 e. The van der Waals surface area contributed by atoms with Gasteiger partial charge in [0, 0.05) is 18.5 Å². The number of hydrogen-bond donors (Lipinski definition) is 2. The fraction of sp³-hybridized carbons (Fsp3) is 0.882. The lowest BCUT2D eigenvalue weighted by Crippen LogP contribution is -2.42. The fourth-order valence-electron chi connectivity index (χ4n) is 3.66. The molecule has 3 unspecified atom stereocenters. The van der Waals surface area contributed by atoms with Gasteiger partial charge >= 0.3 is 11.9 Å². The van der Waals surface area contributed by atoms with Crippen molar-refractivity contribution in [1.82, 2.24) is 10.6 Å². The van der Waals surface area contributed by atoms with Gasteiger partial charge in [0.2, 0.25) is 0 Å². The van der Waals surface area contributed by atoms with Crippen molar-refractivity contribution in [3.05, 3.63) is 0 Å². The fourth-order valence-corrected chi connectivity index (χ4v) is 3.66. The smallest absolute Gasteiger partial charge is 0.310 e. The topological polar surface area (TPSA) is 76.7 Å². The van der Waals surface area contributed by atoms with Crippen LogP contribution in [0.5, 0.6) is 0 Å². The van der Waals surface area contributed by atoms with Gasteiger partial charge in [-0.1, -0.05) is 13.3 Å². The van der Waals surface area contributed by atoms with Crippen LogP contribution in [0.2, 0.25) is 0 Å². The van der Waals surface area contributed by atoms with Crippen LogP contribution in [0.4, 0.5) is 0 Å². The molecule has 1 aliphatic carbocycles. The lowest BCUT2D eigenvalue weighted by Gasteiger charge is -2.40. The molecule has 0 amide bonds. The van der Waals surface area contributed by atoms with Gasteiger partial charge < -0.3 is 20.1 Å². The van der Waals surface area contributed by atoms with Crippen molar-refractivity contribution in [1.29, 1.82) is 0 Å².